The number of para-hydroxylation sites is 1. The van der Waals surface area contributed by atoms with Crippen LogP contribution in [0.15, 0.2) is 24.3 Å². The van der Waals surface area contributed by atoms with Crippen LogP contribution in [0, 0.1) is 5.82 Å². The predicted molar refractivity (Wildman–Crippen MR) is 50.8 cm³/mol. The Bertz CT molecular complexity index is 456. The topological polar surface area (TPSA) is 20.3 Å². The Hall–Kier alpha value is -1.73. The van der Waals surface area contributed by atoms with Gasteiger partial charge in [0, 0.05) is 7.05 Å². The Morgan fingerprint density at radius 2 is 1.61 bits per heavy atom. The number of halogens is 6. The monoisotopic (exact) mass is 271 g/mol. The van der Waals surface area contributed by atoms with E-state index in [9.17, 15) is 31.1 Å². The van der Waals surface area contributed by atoms with E-state index in [0.717, 1.165) is 12.1 Å². The molecule has 0 fully saturated rings. The van der Waals surface area contributed by atoms with E-state index in [1.165, 1.54) is 12.1 Å². The molecule has 0 atom stereocenters. The highest BCUT2D eigenvalue weighted by Crippen LogP contribution is 2.37. The molecule has 0 aliphatic heterocycles. The van der Waals surface area contributed by atoms with Gasteiger partial charge >= 0.3 is 18.0 Å². The summed E-state index contributed by atoms with van der Waals surface area (Å²) in [6, 6.07) is 4.16. The molecule has 100 valence electrons. The van der Waals surface area contributed by atoms with Crippen LogP contribution in [-0.2, 0) is 4.79 Å². The first kappa shape index (κ1) is 14.3. The van der Waals surface area contributed by atoms with E-state index in [0.29, 0.717) is 7.05 Å². The van der Waals surface area contributed by atoms with Crippen molar-refractivity contribution in [3.63, 3.8) is 0 Å². The lowest BCUT2D eigenvalue weighted by atomic mass is 10.2. The molecule has 0 aliphatic carbocycles. The highest BCUT2D eigenvalue weighted by atomic mass is 19.4. The number of rotatable bonds is 2. The second-order valence-corrected chi connectivity index (χ2v) is 3.39. The third-order valence-electron chi connectivity index (χ3n) is 2.14. The average Bonchev–Trinajstić information content (AvgIpc) is 2.26. The molecule has 0 N–H and O–H groups in total. The van der Waals surface area contributed by atoms with Crippen molar-refractivity contribution < 1.29 is 31.1 Å². The minimum atomic E-state index is -6.02. The normalized spacial score (nSPS) is 12.4. The minimum absolute atomic E-state index is 0.0666. The molecule has 2 nitrogen and oxygen atoms in total. The molecule has 8 heteroatoms. The first-order valence-electron chi connectivity index (χ1n) is 4.56. The molecule has 0 bridgehead atoms. The summed E-state index contributed by atoms with van der Waals surface area (Å²) >= 11 is 0. The SMILES string of the molecule is CN(C(=O)C(F)(F)C(F)(F)F)c1ccccc1F. The van der Waals surface area contributed by atoms with Crippen LogP contribution < -0.4 is 4.90 Å². The molecule has 1 aromatic rings. The van der Waals surface area contributed by atoms with E-state index in [1.807, 2.05) is 0 Å². The summed E-state index contributed by atoms with van der Waals surface area (Å²) in [4.78, 5) is 11.0. The van der Waals surface area contributed by atoms with E-state index >= 15 is 0 Å². The maximum Gasteiger partial charge on any atom is 0.463 e. The van der Waals surface area contributed by atoms with Gasteiger partial charge in [0.2, 0.25) is 0 Å². The van der Waals surface area contributed by atoms with Crippen LogP contribution in [0.1, 0.15) is 0 Å². The van der Waals surface area contributed by atoms with Gasteiger partial charge in [-0.15, -0.1) is 0 Å². The Balaban J connectivity index is 3.10. The molecule has 0 spiro atoms. The van der Waals surface area contributed by atoms with Crippen molar-refractivity contribution in [1.82, 2.24) is 0 Å². The van der Waals surface area contributed by atoms with Crippen LogP contribution in [-0.4, -0.2) is 25.1 Å². The van der Waals surface area contributed by atoms with Gasteiger partial charge in [0.05, 0.1) is 5.69 Å². The summed E-state index contributed by atoms with van der Waals surface area (Å²) in [5.74, 6) is -9.18. The number of hydrogen-bond donors (Lipinski definition) is 0. The summed E-state index contributed by atoms with van der Waals surface area (Å²) in [5, 5.41) is 0. The van der Waals surface area contributed by atoms with Crippen molar-refractivity contribution in [1.29, 1.82) is 0 Å². The number of anilines is 1. The largest absolute Gasteiger partial charge is 0.463 e. The fourth-order valence-corrected chi connectivity index (χ4v) is 1.17. The molecule has 0 aromatic heterocycles. The molecular formula is C10H7F6NO. The number of nitrogens with zero attached hydrogens (tertiary/aromatic N) is 1. The van der Waals surface area contributed by atoms with Crippen LogP contribution >= 0.6 is 0 Å². The molecule has 1 rings (SSSR count). The first-order valence-corrected chi connectivity index (χ1v) is 4.56. The fraction of sp³-hybridized carbons (Fsp3) is 0.300. The third-order valence-corrected chi connectivity index (χ3v) is 2.14. The van der Waals surface area contributed by atoms with Crippen molar-refractivity contribution in [2.75, 3.05) is 11.9 Å². The van der Waals surface area contributed by atoms with Crippen molar-refractivity contribution >= 4 is 11.6 Å². The van der Waals surface area contributed by atoms with Gasteiger partial charge in [0.1, 0.15) is 5.82 Å². The van der Waals surface area contributed by atoms with Crippen molar-refractivity contribution in [3.05, 3.63) is 30.1 Å². The summed E-state index contributed by atoms with van der Waals surface area (Å²) in [7, 11) is 0.639. The lowest BCUT2D eigenvalue weighted by Crippen LogP contribution is -2.51. The van der Waals surface area contributed by atoms with Gasteiger partial charge < -0.3 is 4.90 Å². The number of amides is 1. The van der Waals surface area contributed by atoms with Crippen LogP contribution in [0.2, 0.25) is 0 Å². The molecule has 0 unspecified atom stereocenters. The average molecular weight is 271 g/mol. The van der Waals surface area contributed by atoms with Crippen LogP contribution in [0.25, 0.3) is 0 Å². The predicted octanol–water partition coefficient (Wildman–Crippen LogP) is 2.99. The summed E-state index contributed by atoms with van der Waals surface area (Å²) < 4.78 is 74.6. The van der Waals surface area contributed by atoms with Crippen molar-refractivity contribution in [3.8, 4) is 0 Å². The maximum atomic E-state index is 13.2. The molecule has 0 saturated carbocycles. The van der Waals surface area contributed by atoms with Crippen LogP contribution in [0.4, 0.5) is 32.0 Å². The smallest absolute Gasteiger partial charge is 0.307 e. The molecule has 1 amide bonds. The standard InChI is InChI=1S/C10H7F6NO/c1-17(7-5-3-2-4-6(7)11)8(18)9(12,13)10(14,15)16/h2-5H,1H3. The number of benzene rings is 1. The highest BCUT2D eigenvalue weighted by molar-refractivity contribution is 5.98. The Morgan fingerprint density at radius 1 is 1.11 bits per heavy atom. The van der Waals surface area contributed by atoms with E-state index in [-0.39, 0.29) is 4.90 Å². The molecule has 0 radical (unpaired) electrons. The number of alkyl halides is 5. The molecule has 1 aromatic carbocycles. The van der Waals surface area contributed by atoms with Gasteiger partial charge in [-0.05, 0) is 12.1 Å². The molecular weight excluding hydrogens is 264 g/mol. The molecule has 0 heterocycles. The number of carbonyl (C=O) groups is 1. The van der Waals surface area contributed by atoms with Gasteiger partial charge in [0.25, 0.3) is 0 Å². The fourth-order valence-electron chi connectivity index (χ4n) is 1.17. The Labute approximate surface area is 97.8 Å². The Morgan fingerprint density at radius 3 is 2.06 bits per heavy atom. The van der Waals surface area contributed by atoms with Crippen molar-refractivity contribution in [2.24, 2.45) is 0 Å². The zero-order valence-electron chi connectivity index (χ0n) is 8.93. The maximum absolute atomic E-state index is 13.2. The summed E-state index contributed by atoms with van der Waals surface area (Å²) in [5.41, 5.74) is -0.661. The second kappa shape index (κ2) is 4.51. The lowest BCUT2D eigenvalue weighted by Gasteiger charge is -2.25. The summed E-state index contributed by atoms with van der Waals surface area (Å²) in [6.45, 7) is 0. The Kier molecular flexibility index (Phi) is 3.59. The first-order chi connectivity index (χ1) is 8.09. The zero-order chi connectivity index (χ0) is 14.1. The van der Waals surface area contributed by atoms with E-state index in [4.69, 9.17) is 0 Å². The van der Waals surface area contributed by atoms with Crippen molar-refractivity contribution in [2.45, 2.75) is 12.1 Å². The molecule has 0 saturated heterocycles. The number of hydrogen-bond acceptors (Lipinski definition) is 1. The third kappa shape index (κ3) is 2.41. The van der Waals surface area contributed by atoms with Crippen LogP contribution in [0.5, 0.6) is 0 Å². The van der Waals surface area contributed by atoms with Gasteiger partial charge in [-0.2, -0.15) is 22.0 Å². The van der Waals surface area contributed by atoms with E-state index in [2.05, 4.69) is 0 Å². The van der Waals surface area contributed by atoms with Gasteiger partial charge in [-0.1, -0.05) is 12.1 Å². The van der Waals surface area contributed by atoms with Gasteiger partial charge in [-0.25, -0.2) is 4.39 Å². The van der Waals surface area contributed by atoms with E-state index in [1.54, 1.807) is 0 Å². The minimum Gasteiger partial charge on any atom is -0.307 e. The summed E-state index contributed by atoms with van der Waals surface area (Å²) in [6.07, 6.45) is -6.02. The van der Waals surface area contributed by atoms with E-state index < -0.39 is 29.5 Å². The zero-order valence-corrected chi connectivity index (χ0v) is 8.93. The quantitative estimate of drug-likeness (QED) is 0.757. The van der Waals surface area contributed by atoms with Gasteiger partial charge in [0.15, 0.2) is 0 Å². The number of carbonyl (C=O) groups excluding carboxylic acids is 1. The molecule has 0 aliphatic rings. The van der Waals surface area contributed by atoms with Gasteiger partial charge in [-0.3, -0.25) is 4.79 Å². The van der Waals surface area contributed by atoms with Crippen LogP contribution in [0.3, 0.4) is 0 Å². The molecule has 18 heavy (non-hydrogen) atoms. The highest BCUT2D eigenvalue weighted by Gasteiger charge is 2.64. The lowest BCUT2D eigenvalue weighted by molar-refractivity contribution is -0.268. The second-order valence-electron chi connectivity index (χ2n) is 3.39.